The number of pyridine rings is 1. The monoisotopic (exact) mass is 397 g/mol. The molecule has 2 aromatic heterocycles. The van der Waals surface area contributed by atoms with E-state index in [4.69, 9.17) is 21.1 Å². The van der Waals surface area contributed by atoms with Crippen LogP contribution >= 0.6 is 11.6 Å². The van der Waals surface area contributed by atoms with E-state index in [0.29, 0.717) is 24.0 Å². The predicted octanol–water partition coefficient (Wildman–Crippen LogP) is 3.17. The van der Waals surface area contributed by atoms with E-state index >= 15 is 0 Å². The van der Waals surface area contributed by atoms with Crippen LogP contribution in [0.25, 0.3) is 11.4 Å². The standard InChI is InChI=1S/C20H20ClN5O2/c21-16-9-14(10-17-19(16)28-8-2-7-27-17)12-25-5-6-26-18(13-25)23-24-20(26)15-3-1-4-22-11-15/h1,3-4,9-11H,2,5-8,12-13H2. The number of ether oxygens (including phenoxy) is 2. The van der Waals surface area contributed by atoms with Crippen LogP contribution in [0.4, 0.5) is 0 Å². The van der Waals surface area contributed by atoms with Crippen molar-refractivity contribution in [3.8, 4) is 22.9 Å². The van der Waals surface area contributed by atoms with Gasteiger partial charge in [-0.05, 0) is 29.8 Å². The van der Waals surface area contributed by atoms with Gasteiger partial charge in [0.15, 0.2) is 17.3 Å². The summed E-state index contributed by atoms with van der Waals surface area (Å²) in [6.45, 7) is 4.53. The fourth-order valence-corrected chi connectivity index (χ4v) is 3.97. The molecule has 0 saturated heterocycles. The average molecular weight is 398 g/mol. The maximum atomic E-state index is 6.43. The summed E-state index contributed by atoms with van der Waals surface area (Å²) in [5.74, 6) is 3.23. The van der Waals surface area contributed by atoms with Crippen LogP contribution in [0, 0.1) is 0 Å². The van der Waals surface area contributed by atoms with Gasteiger partial charge in [-0.25, -0.2) is 0 Å². The van der Waals surface area contributed by atoms with Gasteiger partial charge in [0.2, 0.25) is 0 Å². The molecule has 0 atom stereocenters. The SMILES string of the molecule is Clc1cc(CN2CCn3c(nnc3-c3cccnc3)C2)cc2c1OCCCO2. The fourth-order valence-electron chi connectivity index (χ4n) is 3.68. The highest BCUT2D eigenvalue weighted by atomic mass is 35.5. The zero-order valence-electron chi connectivity index (χ0n) is 15.3. The first-order valence-electron chi connectivity index (χ1n) is 9.41. The van der Waals surface area contributed by atoms with Gasteiger partial charge >= 0.3 is 0 Å². The lowest BCUT2D eigenvalue weighted by Gasteiger charge is -2.28. The molecule has 2 aliphatic rings. The Morgan fingerprint density at radius 1 is 1.11 bits per heavy atom. The molecule has 3 aromatic rings. The van der Waals surface area contributed by atoms with Crippen molar-refractivity contribution in [2.75, 3.05) is 19.8 Å². The molecule has 5 rings (SSSR count). The lowest BCUT2D eigenvalue weighted by Crippen LogP contribution is -2.33. The van der Waals surface area contributed by atoms with Gasteiger partial charge in [-0.3, -0.25) is 9.88 Å². The molecule has 1 aromatic carbocycles. The zero-order chi connectivity index (χ0) is 18.9. The van der Waals surface area contributed by atoms with Crippen LogP contribution in [0.15, 0.2) is 36.7 Å². The second kappa shape index (κ2) is 7.41. The Labute approximate surface area is 167 Å². The van der Waals surface area contributed by atoms with E-state index in [-0.39, 0.29) is 0 Å². The smallest absolute Gasteiger partial charge is 0.179 e. The van der Waals surface area contributed by atoms with E-state index in [2.05, 4.69) is 24.6 Å². The fraction of sp³-hybridized carbons (Fsp3) is 0.350. The minimum Gasteiger partial charge on any atom is -0.489 e. The van der Waals surface area contributed by atoms with Crippen molar-refractivity contribution >= 4 is 11.6 Å². The molecule has 0 N–H and O–H groups in total. The topological polar surface area (TPSA) is 65.3 Å². The number of benzene rings is 1. The predicted molar refractivity (Wildman–Crippen MR) is 104 cm³/mol. The molecule has 7 nitrogen and oxygen atoms in total. The van der Waals surface area contributed by atoms with Crippen LogP contribution in [0.3, 0.4) is 0 Å². The Kier molecular flexibility index (Phi) is 4.62. The molecule has 4 heterocycles. The van der Waals surface area contributed by atoms with Gasteiger partial charge in [0.05, 0.1) is 24.8 Å². The van der Waals surface area contributed by atoms with Crippen LogP contribution in [-0.2, 0) is 19.6 Å². The summed E-state index contributed by atoms with van der Waals surface area (Å²) in [7, 11) is 0. The van der Waals surface area contributed by atoms with Gasteiger partial charge in [0.25, 0.3) is 0 Å². The third kappa shape index (κ3) is 3.31. The van der Waals surface area contributed by atoms with Crippen LogP contribution in [-0.4, -0.2) is 44.4 Å². The third-order valence-corrected chi connectivity index (χ3v) is 5.30. The van der Waals surface area contributed by atoms with E-state index in [1.807, 2.05) is 30.5 Å². The number of nitrogens with zero attached hydrogens (tertiary/aromatic N) is 5. The number of hydrogen-bond donors (Lipinski definition) is 0. The summed E-state index contributed by atoms with van der Waals surface area (Å²) in [5, 5.41) is 9.38. The summed E-state index contributed by atoms with van der Waals surface area (Å²) >= 11 is 6.43. The summed E-state index contributed by atoms with van der Waals surface area (Å²) in [6.07, 6.45) is 4.45. The highest BCUT2D eigenvalue weighted by Crippen LogP contribution is 2.38. The van der Waals surface area contributed by atoms with Gasteiger partial charge in [0, 0.05) is 44.0 Å². The van der Waals surface area contributed by atoms with Crippen molar-refractivity contribution in [1.29, 1.82) is 0 Å². The molecule has 0 bridgehead atoms. The maximum Gasteiger partial charge on any atom is 0.179 e. The van der Waals surface area contributed by atoms with Gasteiger partial charge in [-0.1, -0.05) is 11.6 Å². The minimum absolute atomic E-state index is 0.605. The maximum absolute atomic E-state index is 6.43. The number of halogens is 1. The molecular weight excluding hydrogens is 378 g/mol. The molecule has 144 valence electrons. The van der Waals surface area contributed by atoms with Crippen molar-refractivity contribution in [2.45, 2.75) is 26.1 Å². The second-order valence-electron chi connectivity index (χ2n) is 7.00. The van der Waals surface area contributed by atoms with E-state index in [1.165, 1.54) is 0 Å². The average Bonchev–Trinajstić information content (AvgIpc) is 2.98. The second-order valence-corrected chi connectivity index (χ2v) is 7.41. The largest absolute Gasteiger partial charge is 0.489 e. The molecule has 8 heteroatoms. The van der Waals surface area contributed by atoms with E-state index in [1.54, 1.807) is 6.20 Å². The molecule has 28 heavy (non-hydrogen) atoms. The molecule has 0 amide bonds. The first kappa shape index (κ1) is 17.5. The molecule has 0 saturated carbocycles. The van der Waals surface area contributed by atoms with E-state index < -0.39 is 0 Å². The number of rotatable bonds is 3. The van der Waals surface area contributed by atoms with Gasteiger partial charge in [0.1, 0.15) is 5.82 Å². The summed E-state index contributed by atoms with van der Waals surface area (Å²) in [4.78, 5) is 6.52. The van der Waals surface area contributed by atoms with Crippen molar-refractivity contribution in [3.05, 3.63) is 53.1 Å². The highest BCUT2D eigenvalue weighted by Gasteiger charge is 2.23. The number of aromatic nitrogens is 4. The molecule has 0 aliphatic carbocycles. The molecule has 0 spiro atoms. The lowest BCUT2D eigenvalue weighted by molar-refractivity contribution is 0.209. The van der Waals surface area contributed by atoms with Gasteiger partial charge in [-0.15, -0.1) is 10.2 Å². The van der Waals surface area contributed by atoms with Crippen LogP contribution in [0.5, 0.6) is 11.5 Å². The van der Waals surface area contributed by atoms with Crippen molar-refractivity contribution in [1.82, 2.24) is 24.6 Å². The van der Waals surface area contributed by atoms with Crippen LogP contribution in [0.1, 0.15) is 17.8 Å². The van der Waals surface area contributed by atoms with E-state index in [9.17, 15) is 0 Å². The van der Waals surface area contributed by atoms with Gasteiger partial charge < -0.3 is 14.0 Å². The molecular formula is C20H20ClN5O2. The Hall–Kier alpha value is -2.64. The number of fused-ring (bicyclic) bond motifs is 2. The van der Waals surface area contributed by atoms with Crippen molar-refractivity contribution in [2.24, 2.45) is 0 Å². The quantitative estimate of drug-likeness (QED) is 0.676. The Bertz CT molecular complexity index is 992. The molecule has 0 radical (unpaired) electrons. The molecule has 0 unspecified atom stereocenters. The normalized spacial score (nSPS) is 16.5. The summed E-state index contributed by atoms with van der Waals surface area (Å²) in [5.41, 5.74) is 2.10. The Morgan fingerprint density at radius 2 is 2.04 bits per heavy atom. The molecule has 2 aliphatic heterocycles. The molecule has 0 fully saturated rings. The van der Waals surface area contributed by atoms with Crippen LogP contribution < -0.4 is 9.47 Å². The first-order valence-corrected chi connectivity index (χ1v) is 9.78. The Morgan fingerprint density at radius 3 is 2.93 bits per heavy atom. The zero-order valence-corrected chi connectivity index (χ0v) is 16.1. The van der Waals surface area contributed by atoms with Gasteiger partial charge in [-0.2, -0.15) is 0 Å². The van der Waals surface area contributed by atoms with Crippen molar-refractivity contribution in [3.63, 3.8) is 0 Å². The number of hydrogen-bond acceptors (Lipinski definition) is 6. The van der Waals surface area contributed by atoms with E-state index in [0.717, 1.165) is 61.1 Å². The lowest BCUT2D eigenvalue weighted by atomic mass is 10.1. The van der Waals surface area contributed by atoms with Crippen molar-refractivity contribution < 1.29 is 9.47 Å². The summed E-state index contributed by atoms with van der Waals surface area (Å²) in [6, 6.07) is 7.93. The third-order valence-electron chi connectivity index (χ3n) is 5.02. The Balaban J connectivity index is 1.34. The minimum atomic E-state index is 0.605. The van der Waals surface area contributed by atoms with Crippen LogP contribution in [0.2, 0.25) is 5.02 Å². The first-order chi connectivity index (χ1) is 13.8. The summed E-state index contributed by atoms with van der Waals surface area (Å²) < 4.78 is 13.7. The highest BCUT2D eigenvalue weighted by molar-refractivity contribution is 6.32.